The van der Waals surface area contributed by atoms with E-state index in [-0.39, 0.29) is 23.7 Å². The Balaban J connectivity index is 2.15. The molecule has 1 amide bonds. The first-order valence-electron chi connectivity index (χ1n) is 7.05. The van der Waals surface area contributed by atoms with E-state index in [9.17, 15) is 14.0 Å². The van der Waals surface area contributed by atoms with Gasteiger partial charge in [0.15, 0.2) is 0 Å². The molecule has 0 saturated carbocycles. The maximum Gasteiger partial charge on any atom is 0.254 e. The van der Waals surface area contributed by atoms with Gasteiger partial charge in [0.2, 0.25) is 5.91 Å². The van der Waals surface area contributed by atoms with Crippen molar-refractivity contribution in [2.45, 2.75) is 20.4 Å². The molecule has 0 unspecified atom stereocenters. The van der Waals surface area contributed by atoms with Gasteiger partial charge in [0, 0.05) is 18.2 Å². The van der Waals surface area contributed by atoms with Gasteiger partial charge in [-0.15, -0.1) is 0 Å². The van der Waals surface area contributed by atoms with E-state index in [1.807, 2.05) is 13.8 Å². The van der Waals surface area contributed by atoms with Gasteiger partial charge >= 0.3 is 0 Å². The van der Waals surface area contributed by atoms with Gasteiger partial charge in [-0.3, -0.25) is 14.2 Å². The number of nitrogens with one attached hydrogen (secondary N) is 1. The number of carbonyl (C=O) groups is 1. The molecule has 22 heavy (non-hydrogen) atoms. The zero-order valence-electron chi connectivity index (χ0n) is 12.5. The molecule has 0 fully saturated rings. The molecule has 1 aromatic carbocycles. The largest absolute Gasteiger partial charge is 0.354 e. The van der Waals surface area contributed by atoms with Gasteiger partial charge in [-0.05, 0) is 18.1 Å². The van der Waals surface area contributed by atoms with Crippen molar-refractivity contribution < 1.29 is 9.18 Å². The molecule has 0 aliphatic rings. The van der Waals surface area contributed by atoms with Crippen molar-refractivity contribution in [1.82, 2.24) is 14.9 Å². The molecular formula is C16H18FN3O2. The van der Waals surface area contributed by atoms with E-state index in [4.69, 9.17) is 0 Å². The SMILES string of the molecule is CC(C)CNC(=O)Cn1cnc(-c2ccccc2F)cc1=O. The van der Waals surface area contributed by atoms with E-state index < -0.39 is 11.4 Å². The number of benzene rings is 1. The Hall–Kier alpha value is -2.50. The van der Waals surface area contributed by atoms with Crippen molar-refractivity contribution in [2.24, 2.45) is 5.92 Å². The fourth-order valence-electron chi connectivity index (χ4n) is 1.89. The summed E-state index contributed by atoms with van der Waals surface area (Å²) >= 11 is 0. The molecule has 0 aliphatic carbocycles. The van der Waals surface area contributed by atoms with Gasteiger partial charge in [0.1, 0.15) is 12.4 Å². The number of nitrogens with zero attached hydrogens (tertiary/aromatic N) is 2. The Morgan fingerprint density at radius 2 is 2.09 bits per heavy atom. The number of hydrogen-bond donors (Lipinski definition) is 1. The van der Waals surface area contributed by atoms with Crippen LogP contribution >= 0.6 is 0 Å². The summed E-state index contributed by atoms with van der Waals surface area (Å²) in [5, 5.41) is 2.73. The van der Waals surface area contributed by atoms with Gasteiger partial charge in [0.25, 0.3) is 5.56 Å². The van der Waals surface area contributed by atoms with Crippen molar-refractivity contribution >= 4 is 5.91 Å². The van der Waals surface area contributed by atoms with Gasteiger partial charge in [-0.2, -0.15) is 0 Å². The smallest absolute Gasteiger partial charge is 0.254 e. The molecule has 1 heterocycles. The van der Waals surface area contributed by atoms with Gasteiger partial charge in [0.05, 0.1) is 12.0 Å². The van der Waals surface area contributed by atoms with Crippen molar-refractivity contribution in [3.63, 3.8) is 0 Å². The van der Waals surface area contributed by atoms with Crippen LogP contribution in [0.15, 0.2) is 41.5 Å². The Bertz CT molecular complexity index is 725. The molecular weight excluding hydrogens is 285 g/mol. The number of hydrogen-bond acceptors (Lipinski definition) is 3. The average molecular weight is 303 g/mol. The van der Waals surface area contributed by atoms with Crippen LogP contribution in [0.3, 0.4) is 0 Å². The third-order valence-electron chi connectivity index (χ3n) is 3.05. The van der Waals surface area contributed by atoms with Crippen molar-refractivity contribution in [3.8, 4) is 11.3 Å². The maximum atomic E-state index is 13.7. The van der Waals surface area contributed by atoms with E-state index in [1.54, 1.807) is 18.2 Å². The molecule has 0 aliphatic heterocycles. The molecule has 116 valence electrons. The minimum absolute atomic E-state index is 0.101. The van der Waals surface area contributed by atoms with Crippen LogP contribution in [0.5, 0.6) is 0 Å². The Morgan fingerprint density at radius 3 is 2.73 bits per heavy atom. The normalized spacial score (nSPS) is 10.7. The van der Waals surface area contributed by atoms with Crippen LogP contribution in [-0.2, 0) is 11.3 Å². The summed E-state index contributed by atoms with van der Waals surface area (Å²) in [5.74, 6) is -0.361. The lowest BCUT2D eigenvalue weighted by Crippen LogP contribution is -2.34. The summed E-state index contributed by atoms with van der Waals surface area (Å²) in [6.45, 7) is 4.42. The zero-order valence-corrected chi connectivity index (χ0v) is 12.5. The number of aromatic nitrogens is 2. The second-order valence-corrected chi connectivity index (χ2v) is 5.42. The van der Waals surface area contributed by atoms with E-state index >= 15 is 0 Å². The fraction of sp³-hybridized carbons (Fsp3) is 0.312. The Morgan fingerprint density at radius 1 is 1.36 bits per heavy atom. The van der Waals surface area contributed by atoms with Crippen LogP contribution < -0.4 is 10.9 Å². The highest BCUT2D eigenvalue weighted by atomic mass is 19.1. The molecule has 0 bridgehead atoms. The van der Waals surface area contributed by atoms with E-state index in [2.05, 4.69) is 10.3 Å². The van der Waals surface area contributed by atoms with Crippen LogP contribution in [-0.4, -0.2) is 22.0 Å². The molecule has 0 radical (unpaired) electrons. The van der Waals surface area contributed by atoms with Crippen molar-refractivity contribution in [3.05, 3.63) is 52.8 Å². The topological polar surface area (TPSA) is 64.0 Å². The predicted octanol–water partition coefficient (Wildman–Crippen LogP) is 1.82. The summed E-state index contributed by atoms with van der Waals surface area (Å²) in [4.78, 5) is 27.8. The van der Waals surface area contributed by atoms with Crippen LogP contribution in [0.4, 0.5) is 4.39 Å². The second-order valence-electron chi connectivity index (χ2n) is 5.42. The van der Waals surface area contributed by atoms with E-state index in [1.165, 1.54) is 23.0 Å². The predicted molar refractivity (Wildman–Crippen MR) is 81.7 cm³/mol. The Kier molecular flexibility index (Phi) is 5.04. The highest BCUT2D eigenvalue weighted by Crippen LogP contribution is 2.18. The molecule has 0 saturated heterocycles. The average Bonchev–Trinajstić information content (AvgIpc) is 2.48. The van der Waals surface area contributed by atoms with E-state index in [0.717, 1.165) is 0 Å². The van der Waals surface area contributed by atoms with Gasteiger partial charge < -0.3 is 5.32 Å². The first-order valence-corrected chi connectivity index (χ1v) is 7.05. The van der Waals surface area contributed by atoms with Crippen LogP contribution in [0.2, 0.25) is 0 Å². The molecule has 2 aromatic rings. The lowest BCUT2D eigenvalue weighted by molar-refractivity contribution is -0.121. The standard InChI is InChI=1S/C16H18FN3O2/c1-11(2)8-18-15(21)9-20-10-19-14(7-16(20)22)12-5-3-4-6-13(12)17/h3-7,10-11H,8-9H2,1-2H3,(H,18,21). The first kappa shape index (κ1) is 15.9. The summed E-state index contributed by atoms with van der Waals surface area (Å²) in [7, 11) is 0. The lowest BCUT2D eigenvalue weighted by Gasteiger charge is -2.09. The number of halogens is 1. The molecule has 1 N–H and O–H groups in total. The van der Waals surface area contributed by atoms with Crippen molar-refractivity contribution in [2.75, 3.05) is 6.54 Å². The maximum absolute atomic E-state index is 13.7. The number of carbonyl (C=O) groups excluding carboxylic acids is 1. The Labute approximate surface area is 127 Å². The number of amides is 1. The molecule has 5 nitrogen and oxygen atoms in total. The van der Waals surface area contributed by atoms with Gasteiger partial charge in [-0.25, -0.2) is 9.37 Å². The zero-order chi connectivity index (χ0) is 16.1. The minimum Gasteiger partial charge on any atom is -0.354 e. The second kappa shape index (κ2) is 6.98. The molecule has 1 aromatic heterocycles. The summed E-state index contributed by atoms with van der Waals surface area (Å²) < 4.78 is 14.9. The van der Waals surface area contributed by atoms with Crippen LogP contribution in [0.25, 0.3) is 11.3 Å². The summed E-state index contributed by atoms with van der Waals surface area (Å²) in [6, 6.07) is 7.33. The third-order valence-corrected chi connectivity index (χ3v) is 3.05. The highest BCUT2D eigenvalue weighted by molar-refractivity contribution is 5.75. The number of rotatable bonds is 5. The molecule has 6 heteroatoms. The quantitative estimate of drug-likeness (QED) is 0.916. The highest BCUT2D eigenvalue weighted by Gasteiger charge is 2.09. The monoisotopic (exact) mass is 303 g/mol. The summed E-state index contributed by atoms with van der Waals surface area (Å²) in [5.41, 5.74) is 0.117. The summed E-state index contributed by atoms with van der Waals surface area (Å²) in [6.07, 6.45) is 1.26. The third kappa shape index (κ3) is 4.00. The van der Waals surface area contributed by atoms with E-state index in [0.29, 0.717) is 12.5 Å². The van der Waals surface area contributed by atoms with Crippen LogP contribution in [0.1, 0.15) is 13.8 Å². The van der Waals surface area contributed by atoms with Crippen LogP contribution in [0, 0.1) is 11.7 Å². The molecule has 0 atom stereocenters. The minimum atomic E-state index is -0.443. The fourth-order valence-corrected chi connectivity index (χ4v) is 1.89. The molecule has 0 spiro atoms. The molecule has 2 rings (SSSR count). The van der Waals surface area contributed by atoms with Crippen molar-refractivity contribution in [1.29, 1.82) is 0 Å². The van der Waals surface area contributed by atoms with Gasteiger partial charge in [-0.1, -0.05) is 26.0 Å². The first-order chi connectivity index (χ1) is 10.5. The lowest BCUT2D eigenvalue weighted by atomic mass is 10.1.